The van der Waals surface area contributed by atoms with Gasteiger partial charge in [0.1, 0.15) is 5.82 Å². The third-order valence-corrected chi connectivity index (χ3v) is 3.04. The molecule has 4 heteroatoms. The van der Waals surface area contributed by atoms with Gasteiger partial charge >= 0.3 is 0 Å². The second kappa shape index (κ2) is 8.23. The second-order valence-electron chi connectivity index (χ2n) is 5.03. The summed E-state index contributed by atoms with van der Waals surface area (Å²) in [5, 5.41) is 3.45. The van der Waals surface area contributed by atoms with E-state index < -0.39 is 0 Å². The van der Waals surface area contributed by atoms with Crippen LogP contribution in [0.4, 0.5) is 4.39 Å². The van der Waals surface area contributed by atoms with E-state index in [1.807, 2.05) is 6.92 Å². The molecule has 0 saturated heterocycles. The summed E-state index contributed by atoms with van der Waals surface area (Å²) in [5.41, 5.74) is 0.848. The third-order valence-electron chi connectivity index (χ3n) is 3.04. The van der Waals surface area contributed by atoms with Crippen LogP contribution in [-0.2, 0) is 4.74 Å². The van der Waals surface area contributed by atoms with Crippen LogP contribution in [0.3, 0.4) is 0 Å². The minimum Gasteiger partial charge on any atom is -0.376 e. The lowest BCUT2D eigenvalue weighted by Crippen LogP contribution is -2.37. The molecule has 0 aliphatic heterocycles. The first kappa shape index (κ1) is 16.1. The highest BCUT2D eigenvalue weighted by Gasteiger charge is 2.26. The summed E-state index contributed by atoms with van der Waals surface area (Å²) in [5.74, 6) is 0.0392. The number of nitrogens with zero attached hydrogens (tertiary/aromatic N) is 1. The SMILES string of the molecule is CCCNC(c1cncc(F)c1)C(OCC)C(C)C. The predicted molar refractivity (Wildman–Crippen MR) is 75.5 cm³/mol. The van der Waals surface area contributed by atoms with Gasteiger partial charge in [-0.05, 0) is 37.4 Å². The van der Waals surface area contributed by atoms with Crippen LogP contribution < -0.4 is 5.32 Å². The van der Waals surface area contributed by atoms with Crippen molar-refractivity contribution in [2.24, 2.45) is 5.92 Å². The van der Waals surface area contributed by atoms with Gasteiger partial charge in [0.2, 0.25) is 0 Å². The van der Waals surface area contributed by atoms with Gasteiger partial charge in [-0.15, -0.1) is 0 Å². The Morgan fingerprint density at radius 2 is 2.05 bits per heavy atom. The van der Waals surface area contributed by atoms with Crippen molar-refractivity contribution in [2.45, 2.75) is 46.3 Å². The first-order valence-corrected chi connectivity index (χ1v) is 7.05. The van der Waals surface area contributed by atoms with Crippen molar-refractivity contribution in [1.29, 1.82) is 0 Å². The van der Waals surface area contributed by atoms with E-state index in [-0.39, 0.29) is 18.0 Å². The monoisotopic (exact) mass is 268 g/mol. The largest absolute Gasteiger partial charge is 0.376 e. The zero-order chi connectivity index (χ0) is 14.3. The molecular formula is C15H25FN2O. The summed E-state index contributed by atoms with van der Waals surface area (Å²) in [6, 6.07) is 1.51. The van der Waals surface area contributed by atoms with Gasteiger partial charge in [-0.3, -0.25) is 4.98 Å². The zero-order valence-corrected chi connectivity index (χ0v) is 12.3. The molecule has 3 nitrogen and oxygen atoms in total. The molecule has 0 aromatic carbocycles. The number of hydrogen-bond donors (Lipinski definition) is 1. The molecule has 1 rings (SSSR count). The second-order valence-corrected chi connectivity index (χ2v) is 5.03. The van der Waals surface area contributed by atoms with Gasteiger partial charge in [0.15, 0.2) is 0 Å². The number of pyridine rings is 1. The molecule has 2 unspecified atom stereocenters. The minimum absolute atomic E-state index is 0.0140. The Morgan fingerprint density at radius 1 is 1.32 bits per heavy atom. The molecule has 1 heterocycles. The summed E-state index contributed by atoms with van der Waals surface area (Å²) in [7, 11) is 0. The molecule has 0 fully saturated rings. The van der Waals surface area contributed by atoms with E-state index in [0.29, 0.717) is 12.5 Å². The van der Waals surface area contributed by atoms with E-state index in [1.165, 1.54) is 12.3 Å². The fourth-order valence-electron chi connectivity index (χ4n) is 2.19. The normalized spacial score (nSPS) is 14.6. The average Bonchev–Trinajstić information content (AvgIpc) is 2.37. The van der Waals surface area contributed by atoms with Crippen LogP contribution in [0.2, 0.25) is 0 Å². The number of halogens is 1. The number of aromatic nitrogens is 1. The molecule has 2 atom stereocenters. The van der Waals surface area contributed by atoms with Crippen molar-refractivity contribution in [2.75, 3.05) is 13.2 Å². The maximum Gasteiger partial charge on any atom is 0.141 e. The van der Waals surface area contributed by atoms with Gasteiger partial charge in [-0.25, -0.2) is 4.39 Å². The standard InChI is InChI=1S/C15H25FN2O/c1-5-7-18-14(15(11(3)4)19-6-2)12-8-13(16)10-17-9-12/h8-11,14-15,18H,5-7H2,1-4H3. The number of nitrogens with one attached hydrogen (secondary N) is 1. The molecule has 1 N–H and O–H groups in total. The Bertz CT molecular complexity index is 371. The van der Waals surface area contributed by atoms with Gasteiger partial charge in [-0.2, -0.15) is 0 Å². The Hall–Kier alpha value is -1.00. The number of hydrogen-bond acceptors (Lipinski definition) is 3. The van der Waals surface area contributed by atoms with E-state index in [9.17, 15) is 4.39 Å². The summed E-state index contributed by atoms with van der Waals surface area (Å²) < 4.78 is 19.2. The van der Waals surface area contributed by atoms with E-state index in [1.54, 1.807) is 6.20 Å². The molecule has 0 amide bonds. The maximum absolute atomic E-state index is 13.4. The van der Waals surface area contributed by atoms with E-state index in [4.69, 9.17) is 4.74 Å². The molecule has 0 bridgehead atoms. The van der Waals surface area contributed by atoms with Crippen molar-refractivity contribution in [3.63, 3.8) is 0 Å². The zero-order valence-electron chi connectivity index (χ0n) is 12.3. The number of ether oxygens (including phenoxy) is 1. The van der Waals surface area contributed by atoms with Crippen LogP contribution in [0.1, 0.15) is 45.7 Å². The molecule has 0 aliphatic carbocycles. The van der Waals surface area contributed by atoms with Gasteiger partial charge in [0, 0.05) is 12.8 Å². The fraction of sp³-hybridized carbons (Fsp3) is 0.667. The minimum atomic E-state index is -0.306. The molecule has 0 spiro atoms. The van der Waals surface area contributed by atoms with Crippen LogP contribution in [-0.4, -0.2) is 24.2 Å². The average molecular weight is 268 g/mol. The summed E-state index contributed by atoms with van der Waals surface area (Å²) in [6.45, 7) is 9.85. The lowest BCUT2D eigenvalue weighted by Gasteiger charge is -2.31. The lowest BCUT2D eigenvalue weighted by molar-refractivity contribution is 0.00270. The highest BCUT2D eigenvalue weighted by atomic mass is 19.1. The topological polar surface area (TPSA) is 34.2 Å². The summed E-state index contributed by atoms with van der Waals surface area (Å²) >= 11 is 0. The first-order valence-electron chi connectivity index (χ1n) is 7.05. The predicted octanol–water partition coefficient (Wildman–Crippen LogP) is 3.32. The molecule has 0 saturated carbocycles. The van der Waals surface area contributed by atoms with Crippen LogP contribution in [0.5, 0.6) is 0 Å². The van der Waals surface area contributed by atoms with Crippen LogP contribution >= 0.6 is 0 Å². The van der Waals surface area contributed by atoms with Crippen molar-refractivity contribution >= 4 is 0 Å². The smallest absolute Gasteiger partial charge is 0.141 e. The molecule has 0 aliphatic rings. The van der Waals surface area contributed by atoms with Crippen molar-refractivity contribution in [1.82, 2.24) is 10.3 Å². The maximum atomic E-state index is 13.4. The quantitative estimate of drug-likeness (QED) is 0.785. The molecule has 1 aromatic rings. The third kappa shape index (κ3) is 4.88. The summed E-state index contributed by atoms with van der Waals surface area (Å²) in [4.78, 5) is 3.94. The Balaban J connectivity index is 2.97. The first-order chi connectivity index (χ1) is 9.10. The highest BCUT2D eigenvalue weighted by molar-refractivity contribution is 5.17. The van der Waals surface area contributed by atoms with Crippen LogP contribution in [0.15, 0.2) is 18.5 Å². The Kier molecular flexibility index (Phi) is 6.95. The molecule has 19 heavy (non-hydrogen) atoms. The molecule has 0 radical (unpaired) electrons. The van der Waals surface area contributed by atoms with Gasteiger partial charge in [-0.1, -0.05) is 20.8 Å². The molecule has 1 aromatic heterocycles. The Morgan fingerprint density at radius 3 is 2.58 bits per heavy atom. The van der Waals surface area contributed by atoms with E-state index in [2.05, 4.69) is 31.1 Å². The molecule has 108 valence electrons. The van der Waals surface area contributed by atoms with Crippen molar-refractivity contribution in [3.8, 4) is 0 Å². The number of rotatable bonds is 8. The summed E-state index contributed by atoms with van der Waals surface area (Å²) in [6.07, 6.45) is 3.98. The highest BCUT2D eigenvalue weighted by Crippen LogP contribution is 2.25. The van der Waals surface area contributed by atoms with Crippen molar-refractivity contribution in [3.05, 3.63) is 29.8 Å². The van der Waals surface area contributed by atoms with Crippen LogP contribution in [0.25, 0.3) is 0 Å². The van der Waals surface area contributed by atoms with Gasteiger partial charge < -0.3 is 10.1 Å². The van der Waals surface area contributed by atoms with Crippen molar-refractivity contribution < 1.29 is 9.13 Å². The van der Waals surface area contributed by atoms with Gasteiger partial charge in [0.25, 0.3) is 0 Å². The van der Waals surface area contributed by atoms with E-state index >= 15 is 0 Å². The van der Waals surface area contributed by atoms with E-state index in [0.717, 1.165) is 18.5 Å². The van der Waals surface area contributed by atoms with Crippen LogP contribution in [0, 0.1) is 11.7 Å². The van der Waals surface area contributed by atoms with Gasteiger partial charge in [0.05, 0.1) is 18.3 Å². The molecular weight excluding hydrogens is 243 g/mol. The lowest BCUT2D eigenvalue weighted by atomic mass is 9.94. The Labute approximate surface area is 115 Å². The fourth-order valence-corrected chi connectivity index (χ4v) is 2.19.